The number of Topliss-reactive ketones (excluding diaryl/α,β-unsaturated/α-hetero) is 1. The van der Waals surface area contributed by atoms with Crippen molar-refractivity contribution in [3.8, 4) is 0 Å². The molecule has 0 saturated heterocycles. The Morgan fingerprint density at radius 1 is 0.973 bits per heavy atom. The molecule has 8 unspecified atom stereocenters. The predicted octanol–water partition coefficient (Wildman–Crippen LogP) is 4.95. The zero-order valence-corrected chi connectivity index (χ0v) is 23.5. The minimum atomic E-state index is -0.694. The van der Waals surface area contributed by atoms with Gasteiger partial charge in [0, 0.05) is 17.3 Å². The molecule has 3 fully saturated rings. The molecule has 5 rings (SSSR count). The van der Waals surface area contributed by atoms with Crippen molar-refractivity contribution in [3.05, 3.63) is 23.3 Å². The zero-order valence-electron chi connectivity index (χ0n) is 23.5. The Hall–Kier alpha value is -2.24. The number of ketones is 2. The molecule has 0 aromatic carbocycles. The van der Waals surface area contributed by atoms with Gasteiger partial charge in [-0.1, -0.05) is 53.2 Å². The van der Waals surface area contributed by atoms with Crippen LogP contribution in [-0.4, -0.2) is 30.6 Å². The summed E-state index contributed by atoms with van der Waals surface area (Å²) in [4.78, 5) is 53.0. The molecule has 2 N–H and O–H groups in total. The van der Waals surface area contributed by atoms with Crippen LogP contribution in [-0.2, 0) is 23.9 Å². The molecule has 0 bridgehead atoms. The third-order valence-electron chi connectivity index (χ3n) is 12.2. The van der Waals surface area contributed by atoms with Gasteiger partial charge in [-0.05, 0) is 79.1 Å². The molecule has 3 saturated carbocycles. The largest absolute Gasteiger partial charge is 0.469 e. The molecule has 5 aliphatic carbocycles. The minimum Gasteiger partial charge on any atom is -0.469 e. The molecule has 0 radical (unpaired) electrons. The van der Waals surface area contributed by atoms with E-state index in [4.69, 9.17) is 10.5 Å². The number of primary amides is 1. The number of ether oxygens (including phenoxy) is 1. The predicted molar refractivity (Wildman–Crippen MR) is 140 cm³/mol. The van der Waals surface area contributed by atoms with Gasteiger partial charge in [0.25, 0.3) is 5.91 Å². The summed E-state index contributed by atoms with van der Waals surface area (Å²) < 4.78 is 5.39. The molecule has 8 atom stereocenters. The number of nitrogens with two attached hydrogens (primary N) is 1. The van der Waals surface area contributed by atoms with Crippen molar-refractivity contribution < 1.29 is 23.9 Å². The van der Waals surface area contributed by atoms with Gasteiger partial charge in [-0.25, -0.2) is 0 Å². The highest BCUT2D eigenvalue weighted by Gasteiger charge is 2.70. The van der Waals surface area contributed by atoms with Crippen LogP contribution >= 0.6 is 0 Å². The van der Waals surface area contributed by atoms with Crippen LogP contribution in [0, 0.1) is 50.7 Å². The first-order chi connectivity index (χ1) is 17.1. The number of fused-ring (bicyclic) bond motifs is 7. The quantitative estimate of drug-likeness (QED) is 0.419. The first-order valence-corrected chi connectivity index (χ1v) is 14.0. The molecule has 0 aliphatic heterocycles. The Balaban J connectivity index is 1.69. The maximum atomic E-state index is 14.3. The van der Waals surface area contributed by atoms with Gasteiger partial charge in [0.05, 0.1) is 18.1 Å². The van der Waals surface area contributed by atoms with Gasteiger partial charge in [-0.3, -0.25) is 19.2 Å². The van der Waals surface area contributed by atoms with Gasteiger partial charge in [-0.2, -0.15) is 0 Å². The standard InChI is InChI=1S/C31H43NO5/c1-17-19-8-9-29(5)22(28(19,4)15-18(24(17)34)25(32)35)14-21(33)23-20-16-27(2,3)10-12-31(20,26(36)37-7)13-11-30(23,29)6/h14-15,17,19-20,23H,8-13,16H2,1-7H3,(H2,32,35). The first kappa shape index (κ1) is 26.4. The van der Waals surface area contributed by atoms with E-state index in [1.165, 1.54) is 7.11 Å². The second kappa shape index (κ2) is 7.89. The lowest BCUT2D eigenvalue weighted by atomic mass is 9.35. The molecule has 5 aliphatic rings. The molecule has 0 heterocycles. The Kier molecular flexibility index (Phi) is 5.62. The molecule has 0 aromatic heterocycles. The summed E-state index contributed by atoms with van der Waals surface area (Å²) in [6.07, 6.45) is 9.37. The van der Waals surface area contributed by atoms with Gasteiger partial charge >= 0.3 is 5.97 Å². The van der Waals surface area contributed by atoms with Crippen LogP contribution in [0.3, 0.4) is 0 Å². The summed E-state index contributed by atoms with van der Waals surface area (Å²) >= 11 is 0. The Bertz CT molecular complexity index is 1160. The van der Waals surface area contributed by atoms with Crippen LogP contribution in [0.25, 0.3) is 0 Å². The smallest absolute Gasteiger partial charge is 0.312 e. The number of carbonyl (C=O) groups excluding carboxylic acids is 4. The van der Waals surface area contributed by atoms with Gasteiger partial charge in [0.15, 0.2) is 11.6 Å². The lowest BCUT2D eigenvalue weighted by Gasteiger charge is -2.68. The van der Waals surface area contributed by atoms with Gasteiger partial charge in [-0.15, -0.1) is 0 Å². The van der Waals surface area contributed by atoms with E-state index in [1.54, 1.807) is 6.08 Å². The summed E-state index contributed by atoms with van der Waals surface area (Å²) in [5, 5.41) is 0. The Labute approximate surface area is 220 Å². The molecular weight excluding hydrogens is 466 g/mol. The molecule has 0 aromatic rings. The summed E-state index contributed by atoms with van der Waals surface area (Å²) in [7, 11) is 1.47. The van der Waals surface area contributed by atoms with E-state index in [0.717, 1.165) is 50.5 Å². The van der Waals surface area contributed by atoms with Crippen LogP contribution in [0.4, 0.5) is 0 Å². The number of esters is 1. The normalized spacial score (nSPS) is 46.4. The lowest BCUT2D eigenvalue weighted by molar-refractivity contribution is -0.190. The van der Waals surface area contributed by atoms with Crippen LogP contribution in [0.2, 0.25) is 0 Å². The van der Waals surface area contributed by atoms with E-state index >= 15 is 0 Å². The maximum Gasteiger partial charge on any atom is 0.312 e. The minimum absolute atomic E-state index is 0.0155. The van der Waals surface area contributed by atoms with E-state index in [1.807, 2.05) is 13.0 Å². The monoisotopic (exact) mass is 509 g/mol. The summed E-state index contributed by atoms with van der Waals surface area (Å²) in [6.45, 7) is 13.0. The Morgan fingerprint density at radius 3 is 2.24 bits per heavy atom. The van der Waals surface area contributed by atoms with Crippen LogP contribution in [0.5, 0.6) is 0 Å². The second-order valence-electron chi connectivity index (χ2n) is 14.3. The number of hydrogen-bond donors (Lipinski definition) is 1. The molecule has 6 nitrogen and oxygen atoms in total. The summed E-state index contributed by atoms with van der Waals surface area (Å²) in [5.74, 6) is -1.60. The number of amides is 1. The number of methoxy groups -OCH3 is 1. The molecule has 1 amide bonds. The molecule has 37 heavy (non-hydrogen) atoms. The van der Waals surface area contributed by atoms with Crippen LogP contribution in [0.1, 0.15) is 86.5 Å². The van der Waals surface area contributed by atoms with Crippen molar-refractivity contribution in [2.75, 3.05) is 7.11 Å². The molecule has 202 valence electrons. The average Bonchev–Trinajstić information content (AvgIpc) is 2.82. The Morgan fingerprint density at radius 2 is 1.62 bits per heavy atom. The maximum absolute atomic E-state index is 14.3. The summed E-state index contributed by atoms with van der Waals surface area (Å²) in [5.41, 5.74) is 4.95. The highest BCUT2D eigenvalue weighted by molar-refractivity contribution is 6.20. The number of rotatable bonds is 2. The first-order valence-electron chi connectivity index (χ1n) is 14.0. The fourth-order valence-corrected chi connectivity index (χ4v) is 9.92. The highest BCUT2D eigenvalue weighted by atomic mass is 16.5. The SMILES string of the molecule is COC(=O)C12CCC(C)(C)CC1C1C(=O)C=C3C4(C)C=C(C(N)=O)C(=O)C(C)C4CCC3(C)C1(C)CC2. The van der Waals surface area contributed by atoms with Crippen LogP contribution < -0.4 is 5.73 Å². The van der Waals surface area contributed by atoms with E-state index in [9.17, 15) is 19.2 Å². The number of hydrogen-bond acceptors (Lipinski definition) is 5. The van der Waals surface area contributed by atoms with Crippen molar-refractivity contribution in [2.24, 2.45) is 56.5 Å². The average molecular weight is 510 g/mol. The van der Waals surface area contributed by atoms with E-state index < -0.39 is 16.7 Å². The van der Waals surface area contributed by atoms with Crippen molar-refractivity contribution in [3.63, 3.8) is 0 Å². The second-order valence-corrected chi connectivity index (χ2v) is 14.3. The molecule has 0 spiro atoms. The van der Waals surface area contributed by atoms with Crippen molar-refractivity contribution >= 4 is 23.4 Å². The molecule has 6 heteroatoms. The number of carbonyl (C=O) groups is 4. The fraction of sp³-hybridized carbons (Fsp3) is 0.742. The van der Waals surface area contributed by atoms with Crippen molar-refractivity contribution in [1.82, 2.24) is 0 Å². The van der Waals surface area contributed by atoms with E-state index in [0.29, 0.717) is 0 Å². The van der Waals surface area contributed by atoms with Crippen molar-refractivity contribution in [1.29, 1.82) is 0 Å². The highest BCUT2D eigenvalue weighted by Crippen LogP contribution is 2.73. The lowest BCUT2D eigenvalue weighted by Crippen LogP contribution is -2.65. The van der Waals surface area contributed by atoms with E-state index in [2.05, 4.69) is 34.6 Å². The molecular formula is C31H43NO5. The third kappa shape index (κ3) is 3.22. The topological polar surface area (TPSA) is 104 Å². The van der Waals surface area contributed by atoms with Crippen molar-refractivity contribution in [2.45, 2.75) is 86.5 Å². The summed E-state index contributed by atoms with van der Waals surface area (Å²) in [6, 6.07) is 0. The van der Waals surface area contributed by atoms with E-state index in [-0.39, 0.29) is 63.0 Å². The van der Waals surface area contributed by atoms with Crippen LogP contribution in [0.15, 0.2) is 23.3 Å². The fourth-order valence-electron chi connectivity index (χ4n) is 9.92. The van der Waals surface area contributed by atoms with Gasteiger partial charge in [0.1, 0.15) is 0 Å². The van der Waals surface area contributed by atoms with Gasteiger partial charge < -0.3 is 10.5 Å². The number of allylic oxidation sites excluding steroid dienone is 3. The third-order valence-corrected chi connectivity index (χ3v) is 12.2. The van der Waals surface area contributed by atoms with Gasteiger partial charge in [0.2, 0.25) is 0 Å². The zero-order chi connectivity index (χ0) is 27.3.